The van der Waals surface area contributed by atoms with E-state index in [1.165, 1.54) is 12.3 Å². The summed E-state index contributed by atoms with van der Waals surface area (Å²) in [5, 5.41) is 4.79. The number of nitrogens with one attached hydrogen (secondary N) is 1. The van der Waals surface area contributed by atoms with Crippen LogP contribution >= 0.6 is 0 Å². The number of sulfonamides is 1. The predicted octanol–water partition coefficient (Wildman–Crippen LogP) is -1.81. The second kappa shape index (κ2) is 5.75. The first kappa shape index (κ1) is 13.6. The lowest BCUT2D eigenvalue weighted by Crippen LogP contribution is -2.29. The summed E-state index contributed by atoms with van der Waals surface area (Å²) in [6, 6.07) is 1.19. The maximum Gasteiger partial charge on any atom is 0.330 e. The van der Waals surface area contributed by atoms with Crippen LogP contribution in [0.4, 0.5) is 0 Å². The molecule has 0 bridgehead atoms. The predicted molar refractivity (Wildman–Crippen MR) is 59.9 cm³/mol. The van der Waals surface area contributed by atoms with Crippen LogP contribution in [0, 0.1) is 0 Å². The smallest absolute Gasteiger partial charge is 0.330 e. The molecule has 0 saturated carbocycles. The molecule has 0 unspecified atom stereocenters. The average molecular weight is 263 g/mol. The van der Waals surface area contributed by atoms with Crippen LogP contribution in [-0.2, 0) is 21.5 Å². The van der Waals surface area contributed by atoms with Crippen LogP contribution in [0.3, 0.4) is 0 Å². The van der Waals surface area contributed by atoms with Crippen LogP contribution in [0.1, 0.15) is 6.42 Å². The molecule has 0 spiro atoms. The molecular weight excluding hydrogens is 250 g/mol. The molecule has 3 N–H and O–H groups in total. The van der Waals surface area contributed by atoms with Crippen LogP contribution in [0.5, 0.6) is 0 Å². The normalized spacial score (nSPS) is 11.6. The Hall–Kier alpha value is -1.45. The van der Waals surface area contributed by atoms with Crippen molar-refractivity contribution in [2.45, 2.75) is 13.2 Å². The van der Waals surface area contributed by atoms with Gasteiger partial charge in [0.05, 0.1) is 5.75 Å². The highest BCUT2D eigenvalue weighted by molar-refractivity contribution is 7.89. The monoisotopic (exact) mass is 263 g/mol. The van der Waals surface area contributed by atoms with Crippen molar-refractivity contribution < 1.29 is 13.2 Å². The lowest BCUT2D eigenvalue weighted by atomic mass is 10.5. The molecule has 1 aromatic heterocycles. The maximum absolute atomic E-state index is 11.2. The van der Waals surface area contributed by atoms with E-state index in [1.54, 1.807) is 0 Å². The summed E-state index contributed by atoms with van der Waals surface area (Å²) in [5.74, 6) is -0.173. The molecular formula is C8H13N3O5S. The minimum Gasteiger partial charge on any atom is -0.361 e. The standard InChI is InChI=1S/C8H13N3O5S/c9-17(14,15)5-1-4-16-6-11-3-2-7(12)10-8(11)13/h2-3H,1,4-6H2,(H2,9,14,15)(H,10,12,13). The molecule has 0 aliphatic rings. The maximum atomic E-state index is 11.2. The van der Waals surface area contributed by atoms with Gasteiger partial charge in [-0.15, -0.1) is 0 Å². The van der Waals surface area contributed by atoms with Crippen molar-refractivity contribution in [3.8, 4) is 0 Å². The topological polar surface area (TPSA) is 124 Å². The van der Waals surface area contributed by atoms with Gasteiger partial charge < -0.3 is 4.74 Å². The Labute approximate surface area is 97.1 Å². The molecule has 0 fully saturated rings. The number of rotatable bonds is 6. The molecule has 0 aliphatic carbocycles. The highest BCUT2D eigenvalue weighted by Gasteiger charge is 2.02. The van der Waals surface area contributed by atoms with Crippen molar-refractivity contribution in [2.24, 2.45) is 5.14 Å². The van der Waals surface area contributed by atoms with Gasteiger partial charge in [0.25, 0.3) is 5.56 Å². The van der Waals surface area contributed by atoms with Gasteiger partial charge in [-0.2, -0.15) is 0 Å². The van der Waals surface area contributed by atoms with Gasteiger partial charge in [-0.1, -0.05) is 0 Å². The number of aromatic nitrogens is 2. The molecule has 96 valence electrons. The number of nitrogens with two attached hydrogens (primary N) is 1. The van der Waals surface area contributed by atoms with Gasteiger partial charge in [0, 0.05) is 18.9 Å². The minimum atomic E-state index is -3.48. The van der Waals surface area contributed by atoms with Crippen molar-refractivity contribution in [2.75, 3.05) is 12.4 Å². The summed E-state index contributed by atoms with van der Waals surface area (Å²) in [6.45, 7) is 0.0994. The Morgan fingerprint density at radius 3 is 2.71 bits per heavy atom. The summed E-state index contributed by atoms with van der Waals surface area (Å²) in [6.07, 6.45) is 1.54. The lowest BCUT2D eigenvalue weighted by molar-refractivity contribution is 0.0745. The molecule has 8 nitrogen and oxygen atoms in total. The zero-order chi connectivity index (χ0) is 12.9. The number of hydrogen-bond donors (Lipinski definition) is 2. The molecule has 0 radical (unpaired) electrons. The number of primary sulfonamides is 1. The van der Waals surface area contributed by atoms with E-state index in [1.807, 2.05) is 0 Å². The molecule has 1 aromatic rings. The van der Waals surface area contributed by atoms with Crippen molar-refractivity contribution in [1.29, 1.82) is 0 Å². The van der Waals surface area contributed by atoms with E-state index >= 15 is 0 Å². The Morgan fingerprint density at radius 1 is 1.41 bits per heavy atom. The van der Waals surface area contributed by atoms with E-state index in [9.17, 15) is 18.0 Å². The lowest BCUT2D eigenvalue weighted by Gasteiger charge is -2.05. The molecule has 1 rings (SSSR count). The van der Waals surface area contributed by atoms with Gasteiger partial charge in [-0.25, -0.2) is 18.4 Å². The Balaban J connectivity index is 2.37. The average Bonchev–Trinajstić information content (AvgIpc) is 2.18. The SMILES string of the molecule is NS(=O)(=O)CCCOCn1ccc(=O)[nH]c1=O. The molecule has 0 saturated heterocycles. The van der Waals surface area contributed by atoms with Crippen LogP contribution in [0.25, 0.3) is 0 Å². The van der Waals surface area contributed by atoms with Crippen molar-refractivity contribution in [1.82, 2.24) is 9.55 Å². The first-order valence-electron chi connectivity index (χ1n) is 4.76. The molecule has 1 heterocycles. The van der Waals surface area contributed by atoms with E-state index < -0.39 is 21.3 Å². The molecule has 9 heteroatoms. The van der Waals surface area contributed by atoms with E-state index in [0.717, 1.165) is 4.57 Å². The van der Waals surface area contributed by atoms with E-state index in [4.69, 9.17) is 9.88 Å². The third kappa shape index (κ3) is 5.43. The number of nitrogens with zero attached hydrogens (tertiary/aromatic N) is 1. The van der Waals surface area contributed by atoms with Crippen LogP contribution in [0.15, 0.2) is 21.9 Å². The molecule has 17 heavy (non-hydrogen) atoms. The highest BCUT2D eigenvalue weighted by Crippen LogP contribution is 1.88. The van der Waals surface area contributed by atoms with Crippen molar-refractivity contribution in [3.05, 3.63) is 33.1 Å². The minimum absolute atomic E-state index is 0.0553. The van der Waals surface area contributed by atoms with Gasteiger partial charge in [0.15, 0.2) is 0 Å². The quantitative estimate of drug-likeness (QED) is 0.585. The second-order valence-electron chi connectivity index (χ2n) is 3.34. The Kier molecular flexibility index (Phi) is 4.61. The largest absolute Gasteiger partial charge is 0.361 e. The van der Waals surface area contributed by atoms with Gasteiger partial charge in [-0.05, 0) is 6.42 Å². The fourth-order valence-electron chi connectivity index (χ4n) is 1.07. The van der Waals surface area contributed by atoms with Gasteiger partial charge in [0.1, 0.15) is 6.73 Å². The van der Waals surface area contributed by atoms with E-state index in [2.05, 4.69) is 4.98 Å². The van der Waals surface area contributed by atoms with Gasteiger partial charge in [0.2, 0.25) is 10.0 Å². The van der Waals surface area contributed by atoms with Crippen LogP contribution in [-0.4, -0.2) is 30.3 Å². The van der Waals surface area contributed by atoms with Crippen molar-refractivity contribution >= 4 is 10.0 Å². The summed E-state index contributed by atoms with van der Waals surface area (Å²) in [7, 11) is -3.48. The molecule has 0 atom stereocenters. The third-order valence-electron chi connectivity index (χ3n) is 1.84. The summed E-state index contributed by atoms with van der Waals surface area (Å²) in [5.41, 5.74) is -1.07. The summed E-state index contributed by atoms with van der Waals surface area (Å²) >= 11 is 0. The Morgan fingerprint density at radius 2 is 2.12 bits per heavy atom. The van der Waals surface area contributed by atoms with Gasteiger partial charge >= 0.3 is 5.69 Å². The molecule has 0 aromatic carbocycles. The van der Waals surface area contributed by atoms with E-state index in [0.29, 0.717) is 0 Å². The number of hydrogen-bond acceptors (Lipinski definition) is 5. The first-order chi connectivity index (χ1) is 7.88. The highest BCUT2D eigenvalue weighted by atomic mass is 32.2. The van der Waals surface area contributed by atoms with Crippen LogP contribution in [0.2, 0.25) is 0 Å². The molecule has 0 amide bonds. The Bertz CT molecular complexity index is 573. The van der Waals surface area contributed by atoms with E-state index in [-0.39, 0.29) is 25.5 Å². The zero-order valence-corrected chi connectivity index (χ0v) is 9.77. The fourth-order valence-corrected chi connectivity index (χ4v) is 1.59. The fraction of sp³-hybridized carbons (Fsp3) is 0.500. The second-order valence-corrected chi connectivity index (χ2v) is 5.07. The summed E-state index contributed by atoms with van der Waals surface area (Å²) < 4.78 is 27.4. The first-order valence-corrected chi connectivity index (χ1v) is 6.48. The number of H-pyrrole nitrogens is 1. The summed E-state index contributed by atoms with van der Waals surface area (Å²) in [4.78, 5) is 24.0. The number of ether oxygens (including phenoxy) is 1. The molecule has 0 aliphatic heterocycles. The number of aromatic amines is 1. The third-order valence-corrected chi connectivity index (χ3v) is 2.70. The van der Waals surface area contributed by atoms with Crippen molar-refractivity contribution in [3.63, 3.8) is 0 Å². The van der Waals surface area contributed by atoms with Gasteiger partial charge in [-0.3, -0.25) is 14.3 Å². The van der Waals surface area contributed by atoms with Crippen LogP contribution < -0.4 is 16.4 Å². The zero-order valence-electron chi connectivity index (χ0n) is 8.96.